The summed E-state index contributed by atoms with van der Waals surface area (Å²) in [7, 11) is 0. The van der Waals surface area contributed by atoms with Crippen molar-refractivity contribution in [2.45, 2.75) is 111 Å². The molecular formula is C29H44N6O14. The van der Waals surface area contributed by atoms with Gasteiger partial charge in [0.2, 0.25) is 0 Å². The summed E-state index contributed by atoms with van der Waals surface area (Å²) < 4.78 is 18.7. The molecule has 0 radical (unpaired) electrons. The van der Waals surface area contributed by atoms with E-state index in [4.69, 9.17) is 14.2 Å². The number of carbonyl (C=O) groups excluding carboxylic acids is 3. The fraction of sp³-hybridized carbons (Fsp3) is 0.690. The van der Waals surface area contributed by atoms with Crippen molar-refractivity contribution in [2.24, 2.45) is 0 Å². The van der Waals surface area contributed by atoms with E-state index < -0.39 is 135 Å². The fourth-order valence-corrected chi connectivity index (χ4v) is 4.50. The minimum atomic E-state index is -1.53. The molecule has 20 heteroatoms. The average Bonchev–Trinajstić information content (AvgIpc) is 2.97. The summed E-state index contributed by atoms with van der Waals surface area (Å²) >= 11 is 0. The molecule has 2 heterocycles. The van der Waals surface area contributed by atoms with Crippen LogP contribution in [-0.2, 0) is 67.9 Å². The van der Waals surface area contributed by atoms with Crippen LogP contribution in [0.15, 0.2) is 28.8 Å². The van der Waals surface area contributed by atoms with Crippen LogP contribution < -0.4 is 34.1 Å². The minimum absolute atomic E-state index is 0.0493. The Morgan fingerprint density at radius 2 is 0.939 bits per heavy atom. The first-order chi connectivity index (χ1) is 22.7. The standard InChI is InChI=1S/C29H44N6O14/c1-7-47-19(37)8-11-30-22(40)31(24(42)32(23(30)41)13-10-21(39)49-28(2,3)4)12-9-20(38)48-17-15-34-25(43)33(14-16-36)26(44)35(27(34)45)18-29(5,6)46/h36,46H,7-18H2,1-6H3. The lowest BCUT2D eigenvalue weighted by molar-refractivity contribution is -0.155. The van der Waals surface area contributed by atoms with Crippen molar-refractivity contribution >= 4 is 17.9 Å². The van der Waals surface area contributed by atoms with E-state index in [9.17, 15) is 53.4 Å². The summed E-state index contributed by atoms with van der Waals surface area (Å²) in [5, 5.41) is 19.4. The number of hydrogen-bond donors (Lipinski definition) is 2. The predicted octanol–water partition coefficient (Wildman–Crippen LogP) is -3.26. The Labute approximate surface area is 278 Å². The second kappa shape index (κ2) is 17.0. The molecule has 0 fully saturated rings. The highest BCUT2D eigenvalue weighted by Crippen LogP contribution is 2.08. The molecule has 2 aromatic rings. The van der Waals surface area contributed by atoms with Crippen LogP contribution >= 0.6 is 0 Å². The molecule has 0 saturated carbocycles. The van der Waals surface area contributed by atoms with Crippen molar-refractivity contribution in [1.29, 1.82) is 0 Å². The number of esters is 3. The molecule has 2 N–H and O–H groups in total. The maximum atomic E-state index is 13.2. The van der Waals surface area contributed by atoms with E-state index in [1.165, 1.54) is 13.8 Å². The van der Waals surface area contributed by atoms with E-state index in [0.29, 0.717) is 27.4 Å². The van der Waals surface area contributed by atoms with Crippen molar-refractivity contribution < 1.29 is 38.8 Å². The highest BCUT2D eigenvalue weighted by Gasteiger charge is 2.23. The first-order valence-corrected chi connectivity index (χ1v) is 15.5. The zero-order chi connectivity index (χ0) is 37.3. The molecule has 2 aromatic heterocycles. The van der Waals surface area contributed by atoms with Crippen molar-refractivity contribution in [2.75, 3.05) is 19.8 Å². The SMILES string of the molecule is CCOC(=O)CCn1c(=O)n(CCC(=O)OCCn2c(=O)n(CCO)c(=O)n(CC(C)(C)O)c2=O)c(=O)n(CCC(=O)OC(C)(C)C)c1=O. The molecule has 0 atom stereocenters. The summed E-state index contributed by atoms with van der Waals surface area (Å²) in [4.78, 5) is 115. The van der Waals surface area contributed by atoms with Gasteiger partial charge in [0.15, 0.2) is 0 Å². The molecule has 0 amide bonds. The Bertz CT molecular complexity index is 1880. The van der Waals surface area contributed by atoms with Gasteiger partial charge in [0.1, 0.15) is 12.2 Å². The Balaban J connectivity index is 2.32. The summed E-state index contributed by atoms with van der Waals surface area (Å²) in [6, 6.07) is 0. The summed E-state index contributed by atoms with van der Waals surface area (Å²) in [6.07, 6.45) is -1.40. The molecule has 0 aromatic carbocycles. The van der Waals surface area contributed by atoms with E-state index in [1.807, 2.05) is 0 Å². The number of hydrogen-bond acceptors (Lipinski definition) is 14. The number of carbonyl (C=O) groups is 3. The first kappa shape index (κ1) is 40.3. The second-order valence-electron chi connectivity index (χ2n) is 12.4. The predicted molar refractivity (Wildman–Crippen MR) is 169 cm³/mol. The Morgan fingerprint density at radius 3 is 1.33 bits per heavy atom. The molecule has 0 aliphatic carbocycles. The molecule has 0 aliphatic heterocycles. The van der Waals surface area contributed by atoms with Gasteiger partial charge in [-0.1, -0.05) is 0 Å². The van der Waals surface area contributed by atoms with Gasteiger partial charge in [-0.25, -0.2) is 56.2 Å². The van der Waals surface area contributed by atoms with Crippen LogP contribution in [0.2, 0.25) is 0 Å². The van der Waals surface area contributed by atoms with E-state index in [-0.39, 0.29) is 6.61 Å². The maximum absolute atomic E-state index is 13.2. The number of aromatic nitrogens is 6. The average molecular weight is 701 g/mol. The third-order valence-electron chi connectivity index (χ3n) is 6.56. The summed E-state index contributed by atoms with van der Waals surface area (Å²) in [5.74, 6) is -2.42. The third-order valence-corrected chi connectivity index (χ3v) is 6.56. The highest BCUT2D eigenvalue weighted by atomic mass is 16.6. The second-order valence-corrected chi connectivity index (χ2v) is 12.4. The van der Waals surface area contributed by atoms with Gasteiger partial charge in [0, 0.05) is 19.6 Å². The van der Waals surface area contributed by atoms with Crippen LogP contribution in [0.25, 0.3) is 0 Å². The van der Waals surface area contributed by atoms with Gasteiger partial charge in [0.05, 0.1) is 57.7 Å². The number of ether oxygens (including phenoxy) is 3. The molecule has 2 rings (SSSR count). The molecule has 0 unspecified atom stereocenters. The van der Waals surface area contributed by atoms with Crippen LogP contribution in [0.5, 0.6) is 0 Å². The van der Waals surface area contributed by atoms with Gasteiger partial charge in [-0.3, -0.25) is 14.4 Å². The quantitative estimate of drug-likeness (QED) is 0.121. The summed E-state index contributed by atoms with van der Waals surface area (Å²) in [5.41, 5.74) is -8.96. The number of aliphatic hydroxyl groups excluding tert-OH is 1. The minimum Gasteiger partial charge on any atom is -0.466 e. The van der Waals surface area contributed by atoms with Gasteiger partial charge >= 0.3 is 52.0 Å². The molecule has 0 bridgehead atoms. The third kappa shape index (κ3) is 11.4. The lowest BCUT2D eigenvalue weighted by atomic mass is 10.1. The molecule has 274 valence electrons. The van der Waals surface area contributed by atoms with Gasteiger partial charge in [-0.15, -0.1) is 0 Å². The molecular weight excluding hydrogens is 656 g/mol. The zero-order valence-corrected chi connectivity index (χ0v) is 28.5. The molecule has 0 saturated heterocycles. The maximum Gasteiger partial charge on any atom is 0.336 e. The zero-order valence-electron chi connectivity index (χ0n) is 28.5. The number of rotatable bonds is 17. The monoisotopic (exact) mass is 700 g/mol. The van der Waals surface area contributed by atoms with Crippen LogP contribution in [0, 0.1) is 0 Å². The number of nitrogens with zero attached hydrogens (tertiary/aromatic N) is 6. The van der Waals surface area contributed by atoms with Crippen molar-refractivity contribution in [3.63, 3.8) is 0 Å². The van der Waals surface area contributed by atoms with E-state index in [2.05, 4.69) is 0 Å². The fourth-order valence-electron chi connectivity index (χ4n) is 4.50. The largest absolute Gasteiger partial charge is 0.466 e. The van der Waals surface area contributed by atoms with Crippen LogP contribution in [0.3, 0.4) is 0 Å². The van der Waals surface area contributed by atoms with Gasteiger partial charge in [0.25, 0.3) is 0 Å². The molecule has 0 aliphatic rings. The molecule has 49 heavy (non-hydrogen) atoms. The van der Waals surface area contributed by atoms with E-state index in [1.54, 1.807) is 27.7 Å². The Kier molecular flexibility index (Phi) is 14.0. The normalized spacial score (nSPS) is 11.8. The molecule has 20 nitrogen and oxygen atoms in total. The topological polar surface area (TPSA) is 251 Å². The summed E-state index contributed by atoms with van der Waals surface area (Å²) in [6.45, 7) is 4.98. The highest BCUT2D eigenvalue weighted by molar-refractivity contribution is 5.70. The first-order valence-electron chi connectivity index (χ1n) is 15.5. The number of aliphatic hydroxyl groups is 2. The Morgan fingerprint density at radius 1 is 0.571 bits per heavy atom. The van der Waals surface area contributed by atoms with Gasteiger partial charge in [-0.05, 0) is 41.5 Å². The van der Waals surface area contributed by atoms with Gasteiger partial charge in [-0.2, -0.15) is 0 Å². The van der Waals surface area contributed by atoms with Crippen molar-refractivity contribution in [3.8, 4) is 0 Å². The van der Waals surface area contributed by atoms with Gasteiger partial charge < -0.3 is 24.4 Å². The lowest BCUT2D eigenvalue weighted by Gasteiger charge is -2.20. The van der Waals surface area contributed by atoms with Crippen molar-refractivity contribution in [1.82, 2.24) is 27.4 Å². The molecule has 0 spiro atoms. The van der Waals surface area contributed by atoms with Crippen LogP contribution in [0.1, 0.15) is 60.8 Å². The Hall–Kier alpha value is -4.85. The van der Waals surface area contributed by atoms with E-state index >= 15 is 0 Å². The van der Waals surface area contributed by atoms with Crippen LogP contribution in [-0.4, -0.2) is 86.5 Å². The smallest absolute Gasteiger partial charge is 0.336 e. The van der Waals surface area contributed by atoms with E-state index in [0.717, 1.165) is 0 Å². The lowest BCUT2D eigenvalue weighted by Crippen LogP contribution is -2.56. The van der Waals surface area contributed by atoms with Crippen LogP contribution in [0.4, 0.5) is 0 Å². The van der Waals surface area contributed by atoms with Crippen molar-refractivity contribution in [3.05, 3.63) is 62.9 Å².